The second-order valence-corrected chi connectivity index (χ2v) is 4.31. The average Bonchev–Trinajstić information content (AvgIpc) is 2.39. The van der Waals surface area contributed by atoms with E-state index in [1.165, 1.54) is 18.6 Å². The molecule has 96 valence electrons. The summed E-state index contributed by atoms with van der Waals surface area (Å²) in [4.78, 5) is 32.6. The van der Waals surface area contributed by atoms with Crippen LogP contribution in [0.5, 0.6) is 0 Å². The van der Waals surface area contributed by atoms with Crippen molar-refractivity contribution in [3.05, 3.63) is 46.5 Å². The molecule has 0 saturated heterocycles. The fourth-order valence-electron chi connectivity index (χ4n) is 1.23. The molecule has 0 radical (unpaired) electrons. The summed E-state index contributed by atoms with van der Waals surface area (Å²) in [6.45, 7) is 0. The van der Waals surface area contributed by atoms with Gasteiger partial charge < -0.3 is 15.2 Å². The van der Waals surface area contributed by atoms with Crippen molar-refractivity contribution in [2.75, 3.05) is 0 Å². The molecule has 0 aromatic carbocycles. The third kappa shape index (κ3) is 3.01. The molecule has 0 aliphatic rings. The normalized spacial score (nSPS) is 10.1. The maximum atomic E-state index is 11.1. The number of hydrogen-bond donors (Lipinski definition) is 1. The van der Waals surface area contributed by atoms with Crippen LogP contribution in [0.1, 0.15) is 10.4 Å². The number of nitro groups is 1. The molecule has 2 heterocycles. The molecule has 0 aliphatic carbocycles. The first-order valence-corrected chi connectivity index (χ1v) is 5.71. The molecule has 0 unspecified atom stereocenters. The minimum Gasteiger partial charge on any atom is -0.478 e. The fraction of sp³-hybridized carbons (Fsp3) is 0. The third-order valence-electron chi connectivity index (χ3n) is 2.02. The number of carboxylic acid groups (broad SMARTS) is 1. The molecular formula is C10H6N4O4S. The van der Waals surface area contributed by atoms with E-state index >= 15 is 0 Å². The second-order valence-electron chi connectivity index (χ2n) is 3.25. The molecule has 19 heavy (non-hydrogen) atoms. The predicted octanol–water partition coefficient (Wildman–Crippen LogP) is 1.63. The summed E-state index contributed by atoms with van der Waals surface area (Å²) in [6, 6.07) is 0.918. The van der Waals surface area contributed by atoms with Crippen molar-refractivity contribution in [1.82, 2.24) is 15.0 Å². The second kappa shape index (κ2) is 5.40. The number of hydrogen-bond acceptors (Lipinski definition) is 7. The number of aromatic carboxylic acids is 1. The average molecular weight is 278 g/mol. The largest absolute Gasteiger partial charge is 0.478 e. The molecule has 0 saturated carbocycles. The van der Waals surface area contributed by atoms with E-state index in [0.29, 0.717) is 5.03 Å². The lowest BCUT2D eigenvalue weighted by Gasteiger charge is -2.02. The zero-order chi connectivity index (χ0) is 13.8. The van der Waals surface area contributed by atoms with Gasteiger partial charge in [0.05, 0.1) is 22.7 Å². The molecule has 2 aromatic heterocycles. The molecular weight excluding hydrogens is 272 g/mol. The van der Waals surface area contributed by atoms with Crippen LogP contribution in [0.25, 0.3) is 0 Å². The summed E-state index contributed by atoms with van der Waals surface area (Å²) in [6.07, 6.45) is 5.54. The van der Waals surface area contributed by atoms with Crippen molar-refractivity contribution in [2.45, 2.75) is 9.92 Å². The zero-order valence-electron chi connectivity index (χ0n) is 9.26. The summed E-state index contributed by atoms with van der Waals surface area (Å²) in [5.41, 5.74) is -0.197. The highest BCUT2D eigenvalue weighted by Crippen LogP contribution is 2.29. The van der Waals surface area contributed by atoms with E-state index < -0.39 is 16.7 Å². The minimum atomic E-state index is -1.27. The predicted molar refractivity (Wildman–Crippen MR) is 64.0 cm³/mol. The Morgan fingerprint density at radius 1 is 1.32 bits per heavy atom. The van der Waals surface area contributed by atoms with E-state index in [9.17, 15) is 14.9 Å². The Kier molecular flexibility index (Phi) is 3.66. The number of aromatic nitrogens is 3. The van der Waals surface area contributed by atoms with Crippen molar-refractivity contribution in [3.8, 4) is 0 Å². The standard InChI is InChI=1S/C10H6N4O4S/c15-10(16)6-3-8(14(17)18)13-4-7(6)19-9-5-11-1-2-12-9/h1-5H,(H,15,16). The molecule has 0 aliphatic heterocycles. The van der Waals surface area contributed by atoms with E-state index in [4.69, 9.17) is 5.11 Å². The van der Waals surface area contributed by atoms with Gasteiger partial charge >= 0.3 is 11.8 Å². The van der Waals surface area contributed by atoms with Crippen LogP contribution >= 0.6 is 11.8 Å². The van der Waals surface area contributed by atoms with Crippen LogP contribution < -0.4 is 0 Å². The van der Waals surface area contributed by atoms with Gasteiger partial charge in [-0.3, -0.25) is 4.98 Å². The van der Waals surface area contributed by atoms with E-state index in [1.807, 2.05) is 0 Å². The van der Waals surface area contributed by atoms with Gasteiger partial charge in [-0.15, -0.1) is 0 Å². The van der Waals surface area contributed by atoms with Crippen molar-refractivity contribution in [1.29, 1.82) is 0 Å². The zero-order valence-corrected chi connectivity index (χ0v) is 10.1. The first kappa shape index (κ1) is 12.9. The van der Waals surface area contributed by atoms with Gasteiger partial charge in [0.15, 0.2) is 6.20 Å². The number of rotatable bonds is 4. The minimum absolute atomic E-state index is 0.197. The lowest BCUT2D eigenvalue weighted by atomic mass is 10.2. The maximum Gasteiger partial charge on any atom is 0.364 e. The fourth-order valence-corrected chi connectivity index (χ4v) is 2.04. The highest BCUT2D eigenvalue weighted by molar-refractivity contribution is 7.99. The quantitative estimate of drug-likeness (QED) is 0.661. The van der Waals surface area contributed by atoms with E-state index in [-0.39, 0.29) is 10.5 Å². The number of nitrogens with zero attached hydrogens (tertiary/aromatic N) is 4. The highest BCUT2D eigenvalue weighted by Gasteiger charge is 2.19. The molecule has 8 nitrogen and oxygen atoms in total. The van der Waals surface area contributed by atoms with Gasteiger partial charge in [0.25, 0.3) is 0 Å². The molecule has 0 atom stereocenters. The molecule has 0 amide bonds. The maximum absolute atomic E-state index is 11.1. The summed E-state index contributed by atoms with van der Waals surface area (Å²) in [5.74, 6) is -1.78. The lowest BCUT2D eigenvalue weighted by molar-refractivity contribution is -0.389. The van der Waals surface area contributed by atoms with E-state index in [1.54, 1.807) is 0 Å². The van der Waals surface area contributed by atoms with Crippen LogP contribution in [-0.4, -0.2) is 31.0 Å². The van der Waals surface area contributed by atoms with Crippen molar-refractivity contribution < 1.29 is 14.8 Å². The van der Waals surface area contributed by atoms with Crippen molar-refractivity contribution in [2.24, 2.45) is 0 Å². The van der Waals surface area contributed by atoms with Crippen molar-refractivity contribution >= 4 is 23.5 Å². The summed E-state index contributed by atoms with van der Waals surface area (Å²) in [7, 11) is 0. The summed E-state index contributed by atoms with van der Waals surface area (Å²) >= 11 is 1.02. The Bertz CT molecular complexity index is 635. The van der Waals surface area contributed by atoms with E-state index in [2.05, 4.69) is 15.0 Å². The Balaban J connectivity index is 2.40. The van der Waals surface area contributed by atoms with E-state index in [0.717, 1.165) is 24.0 Å². The molecule has 1 N–H and O–H groups in total. The molecule has 0 fully saturated rings. The molecule has 2 rings (SSSR count). The number of carbonyl (C=O) groups is 1. The first-order valence-electron chi connectivity index (χ1n) is 4.89. The highest BCUT2D eigenvalue weighted by atomic mass is 32.2. The number of pyridine rings is 1. The molecule has 2 aromatic rings. The first-order chi connectivity index (χ1) is 9.08. The Morgan fingerprint density at radius 2 is 2.11 bits per heavy atom. The summed E-state index contributed by atoms with van der Waals surface area (Å²) < 4.78 is 0. The van der Waals surface area contributed by atoms with Crippen LogP contribution in [0, 0.1) is 10.1 Å². The lowest BCUT2D eigenvalue weighted by Crippen LogP contribution is -2.02. The Hall–Kier alpha value is -2.55. The Morgan fingerprint density at radius 3 is 2.68 bits per heavy atom. The van der Waals surface area contributed by atoms with Gasteiger partial charge in [0.1, 0.15) is 5.03 Å². The van der Waals surface area contributed by atoms with Gasteiger partial charge in [-0.1, -0.05) is 11.8 Å². The van der Waals surface area contributed by atoms with Gasteiger partial charge in [0, 0.05) is 12.4 Å². The van der Waals surface area contributed by atoms with Gasteiger partial charge in [-0.25, -0.2) is 9.78 Å². The topological polar surface area (TPSA) is 119 Å². The summed E-state index contributed by atoms with van der Waals surface area (Å²) in [5, 5.41) is 20.1. The SMILES string of the molecule is O=C(O)c1cc([N+](=O)[O-])ncc1Sc1cnccn1. The van der Waals surface area contributed by atoms with Crippen LogP contribution in [0.2, 0.25) is 0 Å². The number of carboxylic acids is 1. The van der Waals surface area contributed by atoms with Gasteiger partial charge in [-0.05, 0) is 9.91 Å². The van der Waals surface area contributed by atoms with Crippen LogP contribution in [0.3, 0.4) is 0 Å². The Labute approximate surface area is 110 Å². The van der Waals surface area contributed by atoms with Crippen LogP contribution in [0.15, 0.2) is 40.8 Å². The molecule has 0 spiro atoms. The third-order valence-corrected chi connectivity index (χ3v) is 2.99. The monoisotopic (exact) mass is 278 g/mol. The smallest absolute Gasteiger partial charge is 0.364 e. The van der Waals surface area contributed by atoms with Crippen LogP contribution in [0.4, 0.5) is 5.82 Å². The van der Waals surface area contributed by atoms with Crippen molar-refractivity contribution in [3.63, 3.8) is 0 Å². The molecule has 0 bridgehead atoms. The van der Waals surface area contributed by atoms with Gasteiger partial charge in [-0.2, -0.15) is 0 Å². The van der Waals surface area contributed by atoms with Gasteiger partial charge in [0.2, 0.25) is 0 Å². The molecule has 9 heteroatoms. The van der Waals surface area contributed by atoms with Crippen LogP contribution in [-0.2, 0) is 0 Å².